The molecule has 0 rings (SSSR count). The number of esters is 8. The van der Waals surface area contributed by atoms with E-state index in [-0.39, 0.29) is 79.1 Å². The van der Waals surface area contributed by atoms with E-state index in [4.69, 9.17) is 0 Å². The summed E-state index contributed by atoms with van der Waals surface area (Å²) in [5.41, 5.74) is -10.7. The molecule has 0 saturated heterocycles. The van der Waals surface area contributed by atoms with Crippen LogP contribution in [0.2, 0.25) is 0 Å². The van der Waals surface area contributed by atoms with Gasteiger partial charge in [0, 0.05) is 51.4 Å². The van der Waals surface area contributed by atoms with Crippen LogP contribution in [0.4, 0.5) is 0 Å². The van der Waals surface area contributed by atoms with E-state index in [0.29, 0.717) is 0 Å². The van der Waals surface area contributed by atoms with Gasteiger partial charge in [-0.25, -0.2) is 0 Å². The summed E-state index contributed by atoms with van der Waals surface area (Å²) in [5.74, 6) is -31.1. The Bertz CT molecular complexity index is 2970. The van der Waals surface area contributed by atoms with Crippen LogP contribution in [0.15, 0.2) is 0 Å². The first-order valence-corrected chi connectivity index (χ1v) is 34.3. The third-order valence-corrected chi connectivity index (χ3v) is 14.5. The van der Waals surface area contributed by atoms with Crippen LogP contribution in [0, 0.1) is 21.7 Å². The van der Waals surface area contributed by atoms with E-state index in [2.05, 4.69) is 37.9 Å². The minimum absolute atomic E-state index is 0. The second kappa shape index (κ2) is 57.3. The van der Waals surface area contributed by atoms with Gasteiger partial charge in [0.25, 0.3) is 0 Å². The van der Waals surface area contributed by atoms with Crippen molar-refractivity contribution in [2.24, 2.45) is 21.7 Å². The van der Waals surface area contributed by atoms with Crippen molar-refractivity contribution in [3.8, 4) is 0 Å². The van der Waals surface area contributed by atoms with Crippen LogP contribution in [0.5, 0.6) is 0 Å². The number of carboxylic acid groups (broad SMARTS) is 4. The number of carbonyl (C=O) groups is 28. The number of rotatable bonds is 56. The molecular weight excluding hydrogens is 1600 g/mol. The molecule has 0 N–H and O–H groups in total. The van der Waals surface area contributed by atoms with E-state index in [9.17, 15) is 155 Å². The molecule has 0 unspecified atom stereocenters. The Morgan fingerprint density at radius 2 is 0.292 bits per heavy atom. The normalized spacial score (nSPS) is 10.6. The van der Waals surface area contributed by atoms with Crippen molar-refractivity contribution in [3.05, 3.63) is 0 Å². The number of hydrogen-bond donors (Lipinski definition) is 0. The number of aliphatic carboxylic acids is 4. The van der Waals surface area contributed by atoms with Gasteiger partial charge in [0.15, 0.2) is 23.1 Å². The third-order valence-electron chi connectivity index (χ3n) is 14.5. The van der Waals surface area contributed by atoms with Crippen molar-refractivity contribution in [1.29, 1.82) is 0 Å². The topological polar surface area (TPSA) is 644 Å². The molecule has 624 valence electrons. The van der Waals surface area contributed by atoms with E-state index < -0.39 is 314 Å². The van der Waals surface area contributed by atoms with Gasteiger partial charge in [-0.1, -0.05) is 0 Å². The zero-order valence-electron chi connectivity index (χ0n) is 64.6. The molecule has 0 spiro atoms. The van der Waals surface area contributed by atoms with Gasteiger partial charge in [0.05, 0.1) is 124 Å². The first-order valence-electron chi connectivity index (χ1n) is 34.3. The van der Waals surface area contributed by atoms with Crippen LogP contribution in [0.3, 0.4) is 0 Å². The minimum Gasteiger partial charge on any atom is -0.549 e. The summed E-state index contributed by atoms with van der Waals surface area (Å²) in [4.78, 5) is 330. The van der Waals surface area contributed by atoms with Crippen molar-refractivity contribution >= 4 is 164 Å². The van der Waals surface area contributed by atoms with Crippen molar-refractivity contribution in [2.45, 2.75) is 212 Å². The molecule has 0 aliphatic carbocycles. The predicted molar refractivity (Wildman–Crippen MR) is 358 cm³/mol. The number of ketones is 16. The molecule has 0 bridgehead atoms. The van der Waals surface area contributed by atoms with Gasteiger partial charge >= 0.3 is 74.0 Å². The molecule has 0 heterocycles. The minimum atomic E-state index is -2.67. The van der Waals surface area contributed by atoms with Gasteiger partial charge in [-0.3, -0.25) is 115 Å². The molecule has 0 fully saturated rings. The zero-order valence-corrected chi connectivity index (χ0v) is 67.1. The maximum Gasteiger partial charge on any atom is 4.00 e. The predicted octanol–water partition coefficient (Wildman–Crippen LogP) is -3.62. The number of Topliss-reactive ketones (excluding diaryl/α,β-unsaturated/α-hetero) is 16. The molecule has 0 aromatic heterocycles. The Morgan fingerprint density at radius 1 is 0.195 bits per heavy atom. The Kier molecular flexibility index (Phi) is 56.2. The average Bonchev–Trinajstić information content (AvgIpc) is 0.821. The molecule has 0 atom stereocenters. The second-order valence-electron chi connectivity index (χ2n) is 24.3. The van der Waals surface area contributed by atoms with Gasteiger partial charge in [-0.05, 0) is 83.1 Å². The molecule has 0 aliphatic heterocycles. The molecule has 41 heteroatoms. The van der Waals surface area contributed by atoms with Crippen molar-refractivity contribution in [1.82, 2.24) is 0 Å². The summed E-state index contributed by atoms with van der Waals surface area (Å²) in [6.07, 6.45) is -18.3. The summed E-state index contributed by atoms with van der Waals surface area (Å²) in [5, 5.41) is 47.0. The molecule has 0 aromatic carbocycles. The Morgan fingerprint density at radius 3 is 0.363 bits per heavy atom. The number of ether oxygens (including phenoxy) is 8. The molecular formula is C72H92O40Zr. The Labute approximate surface area is 666 Å². The van der Waals surface area contributed by atoms with Crippen LogP contribution < -0.4 is 20.4 Å². The van der Waals surface area contributed by atoms with Crippen LogP contribution in [0.25, 0.3) is 0 Å². The van der Waals surface area contributed by atoms with Gasteiger partial charge in [0.2, 0.25) is 0 Å². The molecule has 0 amide bonds. The summed E-state index contributed by atoms with van der Waals surface area (Å²) in [6.45, 7) is 16.0. The molecule has 0 radical (unpaired) electrons. The van der Waals surface area contributed by atoms with Crippen molar-refractivity contribution in [3.63, 3.8) is 0 Å². The van der Waals surface area contributed by atoms with Gasteiger partial charge < -0.3 is 77.5 Å². The smallest absolute Gasteiger partial charge is 0.549 e. The quantitative estimate of drug-likeness (QED) is 0.0322. The third kappa shape index (κ3) is 44.8. The van der Waals surface area contributed by atoms with Gasteiger partial charge in [-0.15, -0.1) is 0 Å². The Hall–Kier alpha value is -10.8. The fourth-order valence-electron chi connectivity index (χ4n) is 9.83. The Balaban J connectivity index is -0.000000457. The number of carboxylic acids is 4. The molecule has 0 saturated carbocycles. The van der Waals surface area contributed by atoms with Crippen LogP contribution in [-0.2, 0) is 198 Å². The molecule has 113 heavy (non-hydrogen) atoms. The largest absolute Gasteiger partial charge is 4.00 e. The van der Waals surface area contributed by atoms with Crippen molar-refractivity contribution < 1.29 is 219 Å². The summed E-state index contributed by atoms with van der Waals surface area (Å²) in [7, 11) is 0. The summed E-state index contributed by atoms with van der Waals surface area (Å²) >= 11 is 0. The van der Waals surface area contributed by atoms with Crippen LogP contribution in [-0.4, -0.2) is 217 Å². The number of hydrogen-bond acceptors (Lipinski definition) is 40. The van der Waals surface area contributed by atoms with Crippen LogP contribution >= 0.6 is 0 Å². The number of carbonyl (C=O) groups excluding carboxylic acids is 28. The van der Waals surface area contributed by atoms with Gasteiger partial charge in [0.1, 0.15) is 121 Å². The fourth-order valence-corrected chi connectivity index (χ4v) is 9.83. The van der Waals surface area contributed by atoms with E-state index in [1.807, 2.05) is 0 Å². The van der Waals surface area contributed by atoms with Crippen LogP contribution in [0.1, 0.15) is 212 Å². The SMILES string of the molecule is CCOC(=O)CC(=O)CC(CC(=O)CC(=O)OCC)(C(=O)[O-])C(=O)CC(C)=O.CCOC(=O)CC(=O)CC(CC(=O)CC(=O)OCC)(C(=O)[O-])C(=O)CC(C)=O.CCOC(=O)CC(=O)CC(CC(=O)CC(=O)OCC)(C(=O)[O-])C(=O)CC(C)=O.CCOC(=O)CC(=O)CC(CC(=O)CC(=O)OCC)(C(=O)[O-])C(=O)CC(C)=O.[Zr+4]. The zero-order chi connectivity index (χ0) is 87.6. The monoisotopic (exact) mass is 1690 g/mol. The van der Waals surface area contributed by atoms with E-state index in [0.717, 1.165) is 27.7 Å². The first-order chi connectivity index (χ1) is 51.9. The van der Waals surface area contributed by atoms with Crippen molar-refractivity contribution in [2.75, 3.05) is 52.9 Å². The van der Waals surface area contributed by atoms with E-state index in [1.54, 1.807) is 0 Å². The second-order valence-corrected chi connectivity index (χ2v) is 24.3. The average molecular weight is 1690 g/mol. The summed E-state index contributed by atoms with van der Waals surface area (Å²) < 4.78 is 36.7. The van der Waals surface area contributed by atoms with Gasteiger partial charge in [-0.2, -0.15) is 0 Å². The van der Waals surface area contributed by atoms with E-state index >= 15 is 0 Å². The molecule has 0 aliphatic rings. The maximum absolute atomic E-state index is 12.4. The molecule has 40 nitrogen and oxygen atoms in total. The maximum atomic E-state index is 12.4. The summed E-state index contributed by atoms with van der Waals surface area (Å²) in [6, 6.07) is 0. The van der Waals surface area contributed by atoms with E-state index in [1.165, 1.54) is 55.4 Å². The standard InChI is InChI=1S/4C18H24O10.Zr/c4*1-4-27-15(23)7-12(20)9-18(17(25)26,14(22)6-11(3)19)10-13(21)8-16(24)28-5-2;/h4*4-10H2,1-3H3,(H,25,26);/q;;;;+4/p-4. The first kappa shape index (κ1) is 111. The fraction of sp³-hybridized carbons (Fsp3) is 0.611. The molecule has 0 aromatic rings.